The second kappa shape index (κ2) is 8.57. The average Bonchev–Trinajstić information content (AvgIpc) is 2.53. The van der Waals surface area contributed by atoms with Crippen LogP contribution in [0.4, 0.5) is 0 Å². The van der Waals surface area contributed by atoms with E-state index in [4.69, 9.17) is 5.73 Å². The summed E-state index contributed by atoms with van der Waals surface area (Å²) < 4.78 is 0. The van der Waals surface area contributed by atoms with Crippen LogP contribution in [0, 0.1) is 0 Å². The molecule has 4 N–H and O–H groups in total. The van der Waals surface area contributed by atoms with Crippen LogP contribution >= 0.6 is 0 Å². The molecule has 0 spiro atoms. The summed E-state index contributed by atoms with van der Waals surface area (Å²) in [6, 6.07) is 20.5. The van der Waals surface area contributed by atoms with Crippen molar-refractivity contribution in [2.24, 2.45) is 5.73 Å². The lowest BCUT2D eigenvalue weighted by molar-refractivity contribution is 0.240. The molecule has 3 nitrogen and oxygen atoms in total. The van der Waals surface area contributed by atoms with Crippen molar-refractivity contribution >= 4 is 0 Å². The molecule has 0 amide bonds. The summed E-state index contributed by atoms with van der Waals surface area (Å²) in [5.41, 5.74) is 8.63. The number of aliphatic hydroxyl groups is 1. The highest BCUT2D eigenvalue weighted by atomic mass is 16.3. The molecular weight excluding hydrogens is 260 g/mol. The summed E-state index contributed by atoms with van der Waals surface area (Å²) in [4.78, 5) is 0. The summed E-state index contributed by atoms with van der Waals surface area (Å²) in [5, 5.41) is 12.8. The van der Waals surface area contributed by atoms with Gasteiger partial charge in [0.05, 0.1) is 6.61 Å². The van der Waals surface area contributed by atoms with Gasteiger partial charge in [0.15, 0.2) is 0 Å². The molecule has 0 radical (unpaired) electrons. The first kappa shape index (κ1) is 15.7. The molecule has 0 unspecified atom stereocenters. The van der Waals surface area contributed by atoms with E-state index in [1.54, 1.807) is 0 Å². The molecule has 3 heteroatoms. The number of rotatable bonds is 8. The second-order valence-corrected chi connectivity index (χ2v) is 5.43. The zero-order valence-corrected chi connectivity index (χ0v) is 12.3. The number of hydrogen-bond acceptors (Lipinski definition) is 3. The molecule has 112 valence electrons. The molecule has 2 aromatic rings. The topological polar surface area (TPSA) is 58.3 Å². The molecule has 0 aliphatic heterocycles. The number of hydrogen-bond donors (Lipinski definition) is 3. The van der Waals surface area contributed by atoms with Gasteiger partial charge in [-0.15, -0.1) is 0 Å². The van der Waals surface area contributed by atoms with Crippen molar-refractivity contribution in [1.29, 1.82) is 0 Å². The van der Waals surface area contributed by atoms with E-state index in [9.17, 15) is 5.11 Å². The van der Waals surface area contributed by atoms with Gasteiger partial charge in [-0.2, -0.15) is 0 Å². The lowest BCUT2D eigenvalue weighted by Crippen LogP contribution is -2.43. The van der Waals surface area contributed by atoms with E-state index in [1.165, 1.54) is 11.1 Å². The molecule has 2 aromatic carbocycles. The molecule has 21 heavy (non-hydrogen) atoms. The number of nitrogens with one attached hydrogen (secondary N) is 1. The Balaban J connectivity index is 1.77. The highest BCUT2D eigenvalue weighted by molar-refractivity contribution is 5.17. The fourth-order valence-corrected chi connectivity index (χ4v) is 2.41. The highest BCUT2D eigenvalue weighted by Crippen LogP contribution is 2.04. The molecule has 0 aromatic heterocycles. The van der Waals surface area contributed by atoms with Crippen LogP contribution in [0.2, 0.25) is 0 Å². The Bertz CT molecular complexity index is 501. The summed E-state index contributed by atoms with van der Waals surface area (Å²) >= 11 is 0. The van der Waals surface area contributed by atoms with Gasteiger partial charge in [-0.05, 0) is 24.0 Å². The number of nitrogens with two attached hydrogens (primary N) is 1. The molecule has 0 bridgehead atoms. The molecule has 0 aliphatic rings. The van der Waals surface area contributed by atoms with E-state index in [2.05, 4.69) is 29.6 Å². The molecule has 2 atom stereocenters. The summed E-state index contributed by atoms with van der Waals surface area (Å²) in [7, 11) is 0. The minimum absolute atomic E-state index is 0.0502. The van der Waals surface area contributed by atoms with E-state index in [0.29, 0.717) is 6.54 Å². The maximum Gasteiger partial charge on any atom is 0.0587 e. The molecule has 0 saturated carbocycles. The maximum absolute atomic E-state index is 9.49. The lowest BCUT2D eigenvalue weighted by Gasteiger charge is -2.19. The normalized spacial score (nSPS) is 13.8. The Kier molecular flexibility index (Phi) is 6.41. The van der Waals surface area contributed by atoms with Crippen molar-refractivity contribution in [2.75, 3.05) is 13.2 Å². The minimum atomic E-state index is 0.0502. The third-order valence-electron chi connectivity index (χ3n) is 3.55. The fourth-order valence-electron chi connectivity index (χ4n) is 2.41. The monoisotopic (exact) mass is 284 g/mol. The first-order chi connectivity index (χ1) is 10.3. The van der Waals surface area contributed by atoms with Gasteiger partial charge in [0.1, 0.15) is 0 Å². The minimum Gasteiger partial charge on any atom is -0.395 e. The standard InChI is InChI=1S/C18H24N2O/c19-17(11-15-7-3-1-4-8-15)13-20-18(14-21)12-16-9-5-2-6-10-16/h1-10,17-18,20-21H,11-14,19H2/t17-,18+/m1/s1. The fraction of sp³-hybridized carbons (Fsp3) is 0.333. The average molecular weight is 284 g/mol. The van der Waals surface area contributed by atoms with E-state index in [-0.39, 0.29) is 18.7 Å². The van der Waals surface area contributed by atoms with Crippen molar-refractivity contribution in [3.8, 4) is 0 Å². The van der Waals surface area contributed by atoms with Gasteiger partial charge in [-0.25, -0.2) is 0 Å². The quantitative estimate of drug-likeness (QED) is 0.692. The molecule has 0 fully saturated rings. The van der Waals surface area contributed by atoms with Gasteiger partial charge < -0.3 is 16.2 Å². The van der Waals surface area contributed by atoms with E-state index >= 15 is 0 Å². The summed E-state index contributed by atoms with van der Waals surface area (Å²) in [6.07, 6.45) is 1.66. The zero-order valence-electron chi connectivity index (χ0n) is 12.3. The first-order valence-electron chi connectivity index (χ1n) is 7.45. The first-order valence-corrected chi connectivity index (χ1v) is 7.45. The highest BCUT2D eigenvalue weighted by Gasteiger charge is 2.10. The van der Waals surface area contributed by atoms with Crippen molar-refractivity contribution in [3.63, 3.8) is 0 Å². The molecule has 0 aliphatic carbocycles. The largest absolute Gasteiger partial charge is 0.395 e. The van der Waals surface area contributed by atoms with Crippen LogP contribution < -0.4 is 11.1 Å². The molecular formula is C18H24N2O. The Hall–Kier alpha value is -1.68. The van der Waals surface area contributed by atoms with Crippen molar-refractivity contribution < 1.29 is 5.11 Å². The van der Waals surface area contributed by atoms with Gasteiger partial charge in [0, 0.05) is 18.6 Å². The van der Waals surface area contributed by atoms with Crippen LogP contribution in [-0.2, 0) is 12.8 Å². The van der Waals surface area contributed by atoms with Gasteiger partial charge in [0.2, 0.25) is 0 Å². The van der Waals surface area contributed by atoms with Crippen LogP contribution in [0.3, 0.4) is 0 Å². The Morgan fingerprint density at radius 1 is 0.857 bits per heavy atom. The Morgan fingerprint density at radius 3 is 1.90 bits per heavy atom. The van der Waals surface area contributed by atoms with Crippen molar-refractivity contribution in [3.05, 3.63) is 71.8 Å². The Morgan fingerprint density at radius 2 is 1.38 bits per heavy atom. The number of benzene rings is 2. The van der Waals surface area contributed by atoms with Gasteiger partial charge in [-0.1, -0.05) is 60.7 Å². The SMILES string of the molecule is N[C@@H](CN[C@H](CO)Cc1ccccc1)Cc1ccccc1. The van der Waals surface area contributed by atoms with Crippen LogP contribution in [0.1, 0.15) is 11.1 Å². The Labute approximate surface area is 126 Å². The molecule has 0 saturated heterocycles. The molecule has 2 rings (SSSR count). The van der Waals surface area contributed by atoms with Crippen molar-refractivity contribution in [2.45, 2.75) is 24.9 Å². The maximum atomic E-state index is 9.49. The summed E-state index contributed by atoms with van der Waals surface area (Å²) in [5.74, 6) is 0. The predicted octanol–water partition coefficient (Wildman–Crippen LogP) is 1.75. The third-order valence-corrected chi connectivity index (χ3v) is 3.55. The summed E-state index contributed by atoms with van der Waals surface area (Å²) in [6.45, 7) is 0.819. The smallest absolute Gasteiger partial charge is 0.0587 e. The second-order valence-electron chi connectivity index (χ2n) is 5.43. The van der Waals surface area contributed by atoms with Crippen LogP contribution in [0.25, 0.3) is 0 Å². The van der Waals surface area contributed by atoms with Crippen LogP contribution in [0.15, 0.2) is 60.7 Å². The van der Waals surface area contributed by atoms with Crippen LogP contribution in [-0.4, -0.2) is 30.3 Å². The van der Waals surface area contributed by atoms with E-state index in [0.717, 1.165) is 12.8 Å². The van der Waals surface area contributed by atoms with Gasteiger partial charge in [0.25, 0.3) is 0 Å². The van der Waals surface area contributed by atoms with Gasteiger partial charge in [-0.3, -0.25) is 0 Å². The third kappa shape index (κ3) is 5.68. The predicted molar refractivity (Wildman–Crippen MR) is 87.1 cm³/mol. The van der Waals surface area contributed by atoms with E-state index in [1.807, 2.05) is 36.4 Å². The van der Waals surface area contributed by atoms with Crippen molar-refractivity contribution in [1.82, 2.24) is 5.32 Å². The van der Waals surface area contributed by atoms with E-state index < -0.39 is 0 Å². The zero-order chi connectivity index (χ0) is 14.9. The number of aliphatic hydroxyl groups excluding tert-OH is 1. The van der Waals surface area contributed by atoms with Crippen LogP contribution in [0.5, 0.6) is 0 Å². The van der Waals surface area contributed by atoms with Gasteiger partial charge >= 0.3 is 0 Å². The molecule has 0 heterocycles. The lowest BCUT2D eigenvalue weighted by atomic mass is 10.0.